The van der Waals surface area contributed by atoms with Gasteiger partial charge in [-0.3, -0.25) is 9.89 Å². The van der Waals surface area contributed by atoms with E-state index in [0.29, 0.717) is 22.4 Å². The van der Waals surface area contributed by atoms with Crippen LogP contribution in [0.15, 0.2) is 47.4 Å². The van der Waals surface area contributed by atoms with Crippen molar-refractivity contribution in [2.24, 2.45) is 0 Å². The maximum atomic E-state index is 13.4. The number of aromatic nitrogens is 3. The molecule has 20 heavy (non-hydrogen) atoms. The third-order valence-corrected chi connectivity index (χ3v) is 2.97. The Balaban J connectivity index is 2.22. The van der Waals surface area contributed by atoms with Crippen molar-refractivity contribution in [2.45, 2.75) is 0 Å². The van der Waals surface area contributed by atoms with Gasteiger partial charge in [-0.15, -0.1) is 0 Å². The molecule has 0 bridgehead atoms. The topological polar surface area (TPSA) is 87.6 Å². The number of anilines is 1. The number of rotatable bonds is 2. The van der Waals surface area contributed by atoms with Gasteiger partial charge in [0.05, 0.1) is 11.3 Å². The summed E-state index contributed by atoms with van der Waals surface area (Å²) in [6.07, 6.45) is 1.53. The van der Waals surface area contributed by atoms with Gasteiger partial charge in [0.15, 0.2) is 5.82 Å². The van der Waals surface area contributed by atoms with Gasteiger partial charge in [0.1, 0.15) is 5.82 Å². The first kappa shape index (κ1) is 12.2. The minimum absolute atomic E-state index is 0.235. The van der Waals surface area contributed by atoms with Gasteiger partial charge in [-0.25, -0.2) is 4.39 Å². The van der Waals surface area contributed by atoms with Crippen LogP contribution in [-0.4, -0.2) is 15.2 Å². The van der Waals surface area contributed by atoms with Crippen molar-refractivity contribution in [2.75, 3.05) is 5.73 Å². The number of nitrogen functional groups attached to an aromatic ring is 1. The minimum atomic E-state index is -0.361. The van der Waals surface area contributed by atoms with Crippen LogP contribution in [0.3, 0.4) is 0 Å². The second-order valence-electron chi connectivity index (χ2n) is 4.31. The van der Waals surface area contributed by atoms with E-state index in [0.717, 1.165) is 0 Å². The molecule has 1 aromatic carbocycles. The third-order valence-electron chi connectivity index (χ3n) is 2.97. The molecule has 6 heteroatoms. The van der Waals surface area contributed by atoms with Crippen LogP contribution in [0.25, 0.3) is 22.4 Å². The van der Waals surface area contributed by atoms with Crippen LogP contribution in [0, 0.1) is 5.82 Å². The van der Waals surface area contributed by atoms with Gasteiger partial charge in [-0.1, -0.05) is 12.1 Å². The summed E-state index contributed by atoms with van der Waals surface area (Å²) in [6.45, 7) is 0. The molecule has 2 aromatic heterocycles. The molecular formula is C14H11FN4O. The smallest absolute Gasteiger partial charge is 0.248 e. The van der Waals surface area contributed by atoms with Gasteiger partial charge in [0, 0.05) is 17.8 Å². The van der Waals surface area contributed by atoms with Crippen LogP contribution in [0.5, 0.6) is 0 Å². The van der Waals surface area contributed by atoms with Gasteiger partial charge >= 0.3 is 0 Å². The van der Waals surface area contributed by atoms with E-state index in [1.165, 1.54) is 24.4 Å². The van der Waals surface area contributed by atoms with Gasteiger partial charge in [-0.05, 0) is 23.8 Å². The van der Waals surface area contributed by atoms with Gasteiger partial charge < -0.3 is 10.7 Å². The molecule has 0 aliphatic heterocycles. The first-order chi connectivity index (χ1) is 9.65. The zero-order chi connectivity index (χ0) is 14.1. The second-order valence-corrected chi connectivity index (χ2v) is 4.31. The van der Waals surface area contributed by atoms with E-state index < -0.39 is 0 Å². The van der Waals surface area contributed by atoms with Crippen LogP contribution >= 0.6 is 0 Å². The summed E-state index contributed by atoms with van der Waals surface area (Å²) in [7, 11) is 0. The molecule has 4 N–H and O–H groups in total. The van der Waals surface area contributed by atoms with Crippen molar-refractivity contribution in [3.63, 3.8) is 0 Å². The Morgan fingerprint density at radius 3 is 2.75 bits per heavy atom. The van der Waals surface area contributed by atoms with Crippen LogP contribution in [0.2, 0.25) is 0 Å². The molecule has 3 aromatic rings. The molecule has 0 amide bonds. The quantitative estimate of drug-likeness (QED) is 0.666. The highest BCUT2D eigenvalue weighted by atomic mass is 19.1. The molecule has 0 unspecified atom stereocenters. The third kappa shape index (κ3) is 2.07. The number of nitrogens with one attached hydrogen (secondary N) is 2. The molecule has 0 aliphatic rings. The van der Waals surface area contributed by atoms with Gasteiger partial charge in [0.2, 0.25) is 5.56 Å². The van der Waals surface area contributed by atoms with Crippen LogP contribution in [0.4, 0.5) is 10.2 Å². The summed E-state index contributed by atoms with van der Waals surface area (Å²) in [4.78, 5) is 13.9. The number of hydrogen-bond donors (Lipinski definition) is 3. The van der Waals surface area contributed by atoms with Crippen LogP contribution in [0.1, 0.15) is 0 Å². The van der Waals surface area contributed by atoms with E-state index >= 15 is 0 Å². The highest BCUT2D eigenvalue weighted by Gasteiger charge is 2.15. The Morgan fingerprint density at radius 2 is 2.00 bits per heavy atom. The zero-order valence-corrected chi connectivity index (χ0v) is 10.4. The fourth-order valence-corrected chi connectivity index (χ4v) is 2.10. The fourth-order valence-electron chi connectivity index (χ4n) is 2.10. The summed E-state index contributed by atoms with van der Waals surface area (Å²) in [5, 5.41) is 6.73. The van der Waals surface area contributed by atoms with Crippen molar-refractivity contribution < 1.29 is 4.39 Å². The summed E-state index contributed by atoms with van der Waals surface area (Å²) < 4.78 is 13.4. The standard InChI is InChI=1S/C14H11FN4O/c15-10-3-1-2-8(6-10)12-13(18-19-14(12)16)9-4-5-17-11(20)7-9/h1-7H,(H,17,20)(H3,16,18,19). The molecule has 100 valence electrons. The number of halogens is 1. The number of H-pyrrole nitrogens is 2. The van der Waals surface area contributed by atoms with Gasteiger partial charge in [-0.2, -0.15) is 5.10 Å². The lowest BCUT2D eigenvalue weighted by Crippen LogP contribution is -2.02. The summed E-state index contributed by atoms with van der Waals surface area (Å²) in [6, 6.07) is 9.21. The molecule has 0 fully saturated rings. The largest absolute Gasteiger partial charge is 0.382 e. The lowest BCUT2D eigenvalue weighted by Gasteiger charge is -2.04. The summed E-state index contributed by atoms with van der Waals surface area (Å²) >= 11 is 0. The molecule has 0 spiro atoms. The molecule has 0 aliphatic carbocycles. The average Bonchev–Trinajstić information content (AvgIpc) is 2.80. The predicted molar refractivity (Wildman–Crippen MR) is 74.5 cm³/mol. The molecule has 0 saturated heterocycles. The van der Waals surface area contributed by atoms with E-state index in [1.54, 1.807) is 18.2 Å². The average molecular weight is 270 g/mol. The maximum Gasteiger partial charge on any atom is 0.248 e. The molecular weight excluding hydrogens is 259 g/mol. The van der Waals surface area contributed by atoms with Crippen molar-refractivity contribution in [3.05, 3.63) is 58.8 Å². The highest BCUT2D eigenvalue weighted by molar-refractivity contribution is 5.87. The molecule has 0 radical (unpaired) electrons. The Labute approximate surface area is 113 Å². The summed E-state index contributed by atoms with van der Waals surface area (Å²) in [5.74, 6) is -0.106. The predicted octanol–water partition coefficient (Wildman–Crippen LogP) is 2.15. The van der Waals surface area contributed by atoms with Crippen LogP contribution in [-0.2, 0) is 0 Å². The van der Waals surface area contributed by atoms with Gasteiger partial charge in [0.25, 0.3) is 0 Å². The lowest BCUT2D eigenvalue weighted by atomic mass is 10.0. The van der Waals surface area contributed by atoms with E-state index in [2.05, 4.69) is 15.2 Å². The maximum absolute atomic E-state index is 13.4. The number of aromatic amines is 2. The first-order valence-electron chi connectivity index (χ1n) is 5.94. The van der Waals surface area contributed by atoms with Crippen molar-refractivity contribution in [1.29, 1.82) is 0 Å². The first-order valence-corrected chi connectivity index (χ1v) is 5.94. The molecule has 5 nitrogen and oxygen atoms in total. The molecule has 0 saturated carbocycles. The number of benzene rings is 1. The van der Waals surface area contributed by atoms with Crippen molar-refractivity contribution >= 4 is 5.82 Å². The molecule has 2 heterocycles. The number of nitrogens with two attached hydrogens (primary N) is 1. The normalized spacial score (nSPS) is 10.7. The minimum Gasteiger partial charge on any atom is -0.382 e. The summed E-state index contributed by atoms with van der Waals surface area (Å²) in [5.41, 5.74) is 8.01. The SMILES string of the molecule is Nc1n[nH]c(-c2cc[nH]c(=O)c2)c1-c1cccc(F)c1. The van der Waals surface area contributed by atoms with E-state index in [9.17, 15) is 9.18 Å². The monoisotopic (exact) mass is 270 g/mol. The Morgan fingerprint density at radius 1 is 1.15 bits per heavy atom. The Kier molecular flexibility index (Phi) is 2.83. The molecule has 3 rings (SSSR count). The van der Waals surface area contributed by atoms with E-state index in [4.69, 9.17) is 5.73 Å². The Hall–Kier alpha value is -2.89. The lowest BCUT2D eigenvalue weighted by molar-refractivity contribution is 0.628. The van der Waals surface area contributed by atoms with E-state index in [-0.39, 0.29) is 17.2 Å². The number of hydrogen-bond acceptors (Lipinski definition) is 3. The highest BCUT2D eigenvalue weighted by Crippen LogP contribution is 2.34. The number of pyridine rings is 1. The molecule has 0 atom stereocenters. The van der Waals surface area contributed by atoms with Crippen molar-refractivity contribution in [3.8, 4) is 22.4 Å². The van der Waals surface area contributed by atoms with Crippen molar-refractivity contribution in [1.82, 2.24) is 15.2 Å². The fraction of sp³-hybridized carbons (Fsp3) is 0. The second kappa shape index (κ2) is 4.65. The number of nitrogens with zero attached hydrogens (tertiary/aromatic N) is 1. The zero-order valence-electron chi connectivity index (χ0n) is 10.4. The van der Waals surface area contributed by atoms with E-state index in [1.807, 2.05) is 0 Å². The Bertz CT molecular complexity index is 822. The van der Waals surface area contributed by atoms with Crippen LogP contribution < -0.4 is 11.3 Å².